The number of carbonyl (C=O) groups excluding carboxylic acids is 2. The predicted octanol–water partition coefficient (Wildman–Crippen LogP) is 0.498. The number of nitrogens with two attached hydrogens (primary N) is 1. The summed E-state index contributed by atoms with van der Waals surface area (Å²) in [5.41, 5.74) is 0.779. The number of unbranched alkanes of at least 4 members (excludes halogenated alkanes) is 1. The number of amides is 1. The Bertz CT molecular complexity index is 891. The average Bonchev–Trinajstić information content (AvgIpc) is 3.20. The fourth-order valence-electron chi connectivity index (χ4n) is 2.20. The van der Waals surface area contributed by atoms with E-state index in [1.54, 1.807) is 11.6 Å². The molecule has 0 bridgehead atoms. The van der Waals surface area contributed by atoms with Crippen LogP contribution >= 0.6 is 11.3 Å². The highest BCUT2D eigenvalue weighted by Gasteiger charge is 2.16. The number of hydrogen-bond acceptors (Lipinski definition) is 9. The maximum absolute atomic E-state index is 11.9. The molecule has 0 saturated carbocycles. The fourth-order valence-corrected chi connectivity index (χ4v) is 3.55. The van der Waals surface area contributed by atoms with Crippen molar-refractivity contribution in [2.24, 2.45) is 5.14 Å². The Morgan fingerprint density at radius 2 is 1.96 bits per heavy atom. The van der Waals surface area contributed by atoms with Gasteiger partial charge in [-0.05, 0) is 32.6 Å². The molecule has 0 aromatic carbocycles. The summed E-state index contributed by atoms with van der Waals surface area (Å²) in [6.45, 7) is 2.28. The van der Waals surface area contributed by atoms with Gasteiger partial charge in [0, 0.05) is 25.6 Å². The Balaban J connectivity index is 1.69. The molecule has 0 saturated heterocycles. The van der Waals surface area contributed by atoms with Crippen molar-refractivity contribution in [2.75, 3.05) is 5.32 Å². The Kier molecular flexibility index (Phi) is 7.50. The minimum Gasteiger partial charge on any atom is -0.301 e. The number of Topliss-reactive ketones (excluding diaryl/α,β-unsaturated/α-hetero) is 1. The van der Waals surface area contributed by atoms with Crippen molar-refractivity contribution in [1.29, 1.82) is 0 Å². The second-order valence-electron chi connectivity index (χ2n) is 5.95. The monoisotopic (exact) mass is 415 g/mol. The molecule has 2 aromatic heterocycles. The molecule has 0 radical (unpaired) electrons. The van der Waals surface area contributed by atoms with Crippen LogP contribution in [0.3, 0.4) is 0 Å². The molecular formula is C14H21N7O4S2. The molecule has 27 heavy (non-hydrogen) atoms. The van der Waals surface area contributed by atoms with E-state index < -0.39 is 10.0 Å². The minimum absolute atomic E-state index is 0.0838. The van der Waals surface area contributed by atoms with Gasteiger partial charge in [-0.3, -0.25) is 9.48 Å². The van der Waals surface area contributed by atoms with E-state index in [4.69, 9.17) is 5.14 Å². The van der Waals surface area contributed by atoms with Crippen LogP contribution in [0.5, 0.6) is 0 Å². The van der Waals surface area contributed by atoms with E-state index in [-0.39, 0.29) is 27.6 Å². The number of sulfonamides is 1. The summed E-state index contributed by atoms with van der Waals surface area (Å²) < 4.78 is 23.6. The van der Waals surface area contributed by atoms with Gasteiger partial charge in [-0.15, -0.1) is 15.3 Å². The Morgan fingerprint density at radius 3 is 2.63 bits per heavy atom. The molecule has 0 aliphatic carbocycles. The molecule has 0 aliphatic rings. The third kappa shape index (κ3) is 7.48. The predicted molar refractivity (Wildman–Crippen MR) is 97.4 cm³/mol. The number of aromatic nitrogens is 5. The highest BCUT2D eigenvalue weighted by atomic mass is 32.2. The number of carbonyl (C=O) groups is 2. The molecule has 13 heteroatoms. The Labute approximate surface area is 160 Å². The van der Waals surface area contributed by atoms with E-state index in [2.05, 4.69) is 25.8 Å². The topological polar surface area (TPSA) is 163 Å². The zero-order valence-corrected chi connectivity index (χ0v) is 16.4. The largest absolute Gasteiger partial charge is 0.301 e. The van der Waals surface area contributed by atoms with Crippen LogP contribution in [0.2, 0.25) is 0 Å². The van der Waals surface area contributed by atoms with Crippen molar-refractivity contribution in [3.63, 3.8) is 0 Å². The molecule has 0 fully saturated rings. The van der Waals surface area contributed by atoms with Gasteiger partial charge in [-0.2, -0.15) is 0 Å². The van der Waals surface area contributed by atoms with Crippen LogP contribution in [-0.4, -0.2) is 45.3 Å². The lowest BCUT2D eigenvalue weighted by molar-refractivity contribution is -0.117. The third-order valence-corrected chi connectivity index (χ3v) is 5.63. The number of aryl methyl sites for hydroxylation is 2. The van der Waals surface area contributed by atoms with Crippen LogP contribution in [0.15, 0.2) is 10.5 Å². The summed E-state index contributed by atoms with van der Waals surface area (Å²) in [6.07, 6.45) is 5.43. The van der Waals surface area contributed by atoms with E-state index in [1.807, 2.05) is 6.20 Å². The zero-order valence-electron chi connectivity index (χ0n) is 14.8. The van der Waals surface area contributed by atoms with Crippen molar-refractivity contribution in [3.8, 4) is 0 Å². The van der Waals surface area contributed by atoms with Crippen LogP contribution in [-0.2, 0) is 32.6 Å². The van der Waals surface area contributed by atoms with E-state index in [0.717, 1.165) is 18.5 Å². The number of ketones is 1. The molecule has 0 aliphatic heterocycles. The van der Waals surface area contributed by atoms with Gasteiger partial charge in [0.2, 0.25) is 15.4 Å². The molecule has 0 spiro atoms. The number of nitrogens with zero attached hydrogens (tertiary/aromatic N) is 5. The van der Waals surface area contributed by atoms with Gasteiger partial charge in [0.05, 0.1) is 5.69 Å². The molecular weight excluding hydrogens is 394 g/mol. The maximum Gasteiger partial charge on any atom is 0.267 e. The van der Waals surface area contributed by atoms with E-state index >= 15 is 0 Å². The summed E-state index contributed by atoms with van der Waals surface area (Å²) in [5.74, 6) is -0.120. The molecule has 2 heterocycles. The molecule has 1 amide bonds. The second kappa shape index (κ2) is 9.62. The molecule has 0 atom stereocenters. The molecule has 2 rings (SSSR count). The smallest absolute Gasteiger partial charge is 0.267 e. The summed E-state index contributed by atoms with van der Waals surface area (Å²) in [4.78, 5) is 22.8. The summed E-state index contributed by atoms with van der Waals surface area (Å²) in [7, 11) is -3.92. The number of rotatable bonds is 11. The van der Waals surface area contributed by atoms with Gasteiger partial charge in [0.25, 0.3) is 10.0 Å². The molecule has 2 aromatic rings. The zero-order chi connectivity index (χ0) is 19.9. The highest BCUT2D eigenvalue weighted by molar-refractivity contribution is 7.91. The number of nitrogens with one attached hydrogen (secondary N) is 1. The Morgan fingerprint density at radius 1 is 1.19 bits per heavy atom. The van der Waals surface area contributed by atoms with Crippen LogP contribution in [0.4, 0.5) is 5.13 Å². The van der Waals surface area contributed by atoms with Crippen LogP contribution in [0.1, 0.15) is 44.7 Å². The van der Waals surface area contributed by atoms with Gasteiger partial charge >= 0.3 is 0 Å². The summed E-state index contributed by atoms with van der Waals surface area (Å²) in [6, 6.07) is 0. The van der Waals surface area contributed by atoms with Crippen molar-refractivity contribution >= 4 is 38.2 Å². The van der Waals surface area contributed by atoms with E-state index in [1.165, 1.54) is 0 Å². The van der Waals surface area contributed by atoms with Crippen LogP contribution in [0, 0.1) is 0 Å². The van der Waals surface area contributed by atoms with Gasteiger partial charge in [-0.25, -0.2) is 13.6 Å². The number of anilines is 1. The highest BCUT2D eigenvalue weighted by Crippen LogP contribution is 2.18. The van der Waals surface area contributed by atoms with Gasteiger partial charge in [-0.1, -0.05) is 16.6 Å². The lowest BCUT2D eigenvalue weighted by Gasteiger charge is -2.00. The van der Waals surface area contributed by atoms with Crippen LogP contribution in [0.25, 0.3) is 0 Å². The first kappa shape index (κ1) is 21.1. The van der Waals surface area contributed by atoms with Crippen molar-refractivity contribution < 1.29 is 18.0 Å². The first-order chi connectivity index (χ1) is 12.7. The summed E-state index contributed by atoms with van der Waals surface area (Å²) in [5, 5.41) is 22.6. The van der Waals surface area contributed by atoms with Gasteiger partial charge < -0.3 is 10.1 Å². The molecule has 148 valence electrons. The third-order valence-electron chi connectivity index (χ3n) is 3.49. The lowest BCUT2D eigenvalue weighted by atomic mass is 10.2. The first-order valence-electron chi connectivity index (χ1n) is 8.28. The van der Waals surface area contributed by atoms with Crippen molar-refractivity contribution in [3.05, 3.63) is 11.9 Å². The standard InChI is InChI=1S/C14H21N7O4S2/c1-10(22)5-2-3-8-21-9-11(17-20-21)6-4-7-12(23)16-13-18-19-14(26-13)27(15,24)25/h9H,2-8H2,1H3,(H2,15,24,25)(H,16,18,23). The normalized spacial score (nSPS) is 11.5. The van der Waals surface area contributed by atoms with Gasteiger partial charge in [0.15, 0.2) is 0 Å². The van der Waals surface area contributed by atoms with Crippen molar-refractivity contribution in [2.45, 2.75) is 56.3 Å². The fraction of sp³-hybridized carbons (Fsp3) is 0.571. The average molecular weight is 416 g/mol. The molecule has 0 unspecified atom stereocenters. The SMILES string of the molecule is CC(=O)CCCCn1cc(CCCC(=O)Nc2nnc(S(N)(=O)=O)s2)nn1. The van der Waals surface area contributed by atoms with E-state index in [0.29, 0.717) is 37.1 Å². The number of hydrogen-bond donors (Lipinski definition) is 2. The first-order valence-corrected chi connectivity index (χ1v) is 10.6. The van der Waals surface area contributed by atoms with E-state index in [9.17, 15) is 18.0 Å². The molecule has 3 N–H and O–H groups in total. The minimum atomic E-state index is -3.92. The van der Waals surface area contributed by atoms with Gasteiger partial charge in [0.1, 0.15) is 5.78 Å². The van der Waals surface area contributed by atoms with Crippen molar-refractivity contribution in [1.82, 2.24) is 25.2 Å². The van der Waals surface area contributed by atoms with Crippen LogP contribution < -0.4 is 10.5 Å². The summed E-state index contributed by atoms with van der Waals surface area (Å²) >= 11 is 0.699. The second-order valence-corrected chi connectivity index (χ2v) is 8.66. The maximum atomic E-state index is 11.9. The molecule has 11 nitrogen and oxygen atoms in total. The number of primary sulfonamides is 1. The quantitative estimate of drug-likeness (QED) is 0.396. The Hall–Kier alpha value is -2.25. The lowest BCUT2D eigenvalue weighted by Crippen LogP contribution is -2.11.